The number of ether oxygens (including phenoxy) is 1. The van der Waals surface area contributed by atoms with E-state index in [4.69, 9.17) is 4.74 Å². The average molecular weight is 426 g/mol. The van der Waals surface area contributed by atoms with Gasteiger partial charge < -0.3 is 9.84 Å². The summed E-state index contributed by atoms with van der Waals surface area (Å²) in [7, 11) is 1.31. The summed E-state index contributed by atoms with van der Waals surface area (Å²) in [6.07, 6.45) is 0. The van der Waals surface area contributed by atoms with E-state index in [1.807, 2.05) is 18.2 Å². The summed E-state index contributed by atoms with van der Waals surface area (Å²) in [6.45, 7) is 3.98. The maximum absolute atomic E-state index is 13.2. The van der Waals surface area contributed by atoms with Gasteiger partial charge in [-0.25, -0.2) is 0 Å². The van der Waals surface area contributed by atoms with Crippen LogP contribution in [0.15, 0.2) is 64.2 Å². The zero-order chi connectivity index (χ0) is 19.3. The van der Waals surface area contributed by atoms with E-state index < -0.39 is 23.7 Å². The number of nitrogens with zero attached hydrogens (tertiary/aromatic N) is 1. The van der Waals surface area contributed by atoms with Crippen molar-refractivity contribution in [1.29, 1.82) is 0 Å². The molecule has 136 valence electrons. The van der Waals surface area contributed by atoms with Gasteiger partial charge in [-0.1, -0.05) is 36.9 Å². The number of halogens is 1. The number of carbonyl (C=O) groups is 2. The van der Waals surface area contributed by atoms with Gasteiger partial charge in [-0.15, -0.1) is 0 Å². The maximum Gasteiger partial charge on any atom is 0.315 e. The molecule has 2 aromatic rings. The standard InChI is InChI=1S/C21H16BrNO4/c1-10-16(21(26)27-2)17(11-7-8-15(24)14(22)9-11)18-19(23-10)12-5-3-4-6-13(12)20(18)25/h3-9,16-18,24H,1H2,2H3. The predicted molar refractivity (Wildman–Crippen MR) is 104 cm³/mol. The van der Waals surface area contributed by atoms with Crippen molar-refractivity contribution in [3.05, 3.63) is 75.9 Å². The Morgan fingerprint density at radius 2 is 1.93 bits per heavy atom. The molecule has 1 N–H and O–H groups in total. The van der Waals surface area contributed by atoms with Crippen molar-refractivity contribution in [2.45, 2.75) is 5.92 Å². The van der Waals surface area contributed by atoms with Crippen LogP contribution in [-0.2, 0) is 9.53 Å². The number of carbonyl (C=O) groups excluding carboxylic acids is 2. The Morgan fingerprint density at radius 1 is 1.22 bits per heavy atom. The van der Waals surface area contributed by atoms with E-state index in [2.05, 4.69) is 27.5 Å². The van der Waals surface area contributed by atoms with Crippen molar-refractivity contribution < 1.29 is 19.4 Å². The molecule has 1 aliphatic carbocycles. The van der Waals surface area contributed by atoms with Gasteiger partial charge >= 0.3 is 5.97 Å². The molecule has 0 saturated heterocycles. The quantitative estimate of drug-likeness (QED) is 0.741. The Balaban J connectivity index is 1.94. The molecule has 0 amide bonds. The van der Waals surface area contributed by atoms with Gasteiger partial charge in [0.1, 0.15) is 11.7 Å². The normalized spacial score (nSPS) is 23.5. The molecule has 0 bridgehead atoms. The van der Waals surface area contributed by atoms with E-state index in [0.29, 0.717) is 21.4 Å². The number of aromatic hydroxyl groups is 1. The van der Waals surface area contributed by atoms with E-state index >= 15 is 0 Å². The molecule has 2 aliphatic rings. The molecule has 4 rings (SSSR count). The molecule has 0 fully saturated rings. The van der Waals surface area contributed by atoms with Crippen LogP contribution in [0.3, 0.4) is 0 Å². The van der Waals surface area contributed by atoms with Crippen LogP contribution in [0, 0.1) is 11.8 Å². The van der Waals surface area contributed by atoms with Gasteiger partial charge in [0.15, 0.2) is 5.78 Å². The molecule has 2 aromatic carbocycles. The third kappa shape index (κ3) is 2.63. The monoisotopic (exact) mass is 425 g/mol. The first-order valence-corrected chi connectivity index (χ1v) is 9.20. The van der Waals surface area contributed by atoms with E-state index in [-0.39, 0.29) is 11.5 Å². The first-order chi connectivity index (χ1) is 12.9. The predicted octanol–water partition coefficient (Wildman–Crippen LogP) is 3.86. The summed E-state index contributed by atoms with van der Waals surface area (Å²) in [5.74, 6) is -2.38. The van der Waals surface area contributed by atoms with E-state index in [1.54, 1.807) is 18.2 Å². The lowest BCUT2D eigenvalue weighted by atomic mass is 9.71. The number of hydrogen-bond donors (Lipinski definition) is 1. The number of methoxy groups -OCH3 is 1. The summed E-state index contributed by atoms with van der Waals surface area (Å²) in [4.78, 5) is 30.3. The Morgan fingerprint density at radius 3 is 2.59 bits per heavy atom. The maximum atomic E-state index is 13.2. The van der Waals surface area contributed by atoms with Gasteiger partial charge in [-0.3, -0.25) is 14.6 Å². The fourth-order valence-corrected chi connectivity index (χ4v) is 4.39. The lowest BCUT2D eigenvalue weighted by Crippen LogP contribution is -2.38. The minimum absolute atomic E-state index is 0.0695. The largest absolute Gasteiger partial charge is 0.507 e. The fourth-order valence-electron chi connectivity index (χ4n) is 3.99. The van der Waals surface area contributed by atoms with Gasteiger partial charge in [-0.05, 0) is 33.6 Å². The van der Waals surface area contributed by atoms with Gasteiger partial charge in [0.25, 0.3) is 0 Å². The number of aliphatic imine (C=N–C) groups is 1. The second kappa shape index (κ2) is 6.46. The first kappa shape index (κ1) is 17.7. The van der Waals surface area contributed by atoms with Crippen molar-refractivity contribution in [3.8, 4) is 5.75 Å². The van der Waals surface area contributed by atoms with Crippen molar-refractivity contribution >= 4 is 33.4 Å². The molecule has 0 aromatic heterocycles. The molecule has 3 unspecified atom stereocenters. The lowest BCUT2D eigenvalue weighted by molar-refractivity contribution is -0.145. The van der Waals surface area contributed by atoms with Crippen molar-refractivity contribution in [1.82, 2.24) is 0 Å². The molecule has 3 atom stereocenters. The first-order valence-electron chi connectivity index (χ1n) is 8.41. The van der Waals surface area contributed by atoms with Crippen molar-refractivity contribution in [2.75, 3.05) is 7.11 Å². The zero-order valence-electron chi connectivity index (χ0n) is 14.5. The Hall–Kier alpha value is -2.73. The highest BCUT2D eigenvalue weighted by Gasteiger charge is 2.51. The summed E-state index contributed by atoms with van der Waals surface area (Å²) < 4.78 is 5.47. The second-order valence-corrected chi connectivity index (χ2v) is 7.47. The number of esters is 1. The van der Waals surface area contributed by atoms with Crippen LogP contribution >= 0.6 is 15.9 Å². The number of benzene rings is 2. The van der Waals surface area contributed by atoms with Crippen LogP contribution in [0.1, 0.15) is 27.4 Å². The number of hydrogen-bond acceptors (Lipinski definition) is 5. The number of phenolic OH excluding ortho intramolecular Hbond substituents is 1. The van der Waals surface area contributed by atoms with Crippen molar-refractivity contribution in [3.63, 3.8) is 0 Å². The highest BCUT2D eigenvalue weighted by atomic mass is 79.9. The Labute approximate surface area is 164 Å². The van der Waals surface area contributed by atoms with Gasteiger partial charge in [-0.2, -0.15) is 0 Å². The molecule has 5 nitrogen and oxygen atoms in total. The van der Waals surface area contributed by atoms with Crippen molar-refractivity contribution in [2.24, 2.45) is 16.8 Å². The van der Waals surface area contributed by atoms with E-state index in [0.717, 1.165) is 11.1 Å². The van der Waals surface area contributed by atoms with Crippen LogP contribution in [-0.4, -0.2) is 29.7 Å². The topological polar surface area (TPSA) is 76.0 Å². The van der Waals surface area contributed by atoms with Crippen LogP contribution in [0.2, 0.25) is 0 Å². The number of fused-ring (bicyclic) bond motifs is 3. The molecule has 0 saturated carbocycles. The molecule has 1 aliphatic heterocycles. The summed E-state index contributed by atoms with van der Waals surface area (Å²) >= 11 is 3.31. The molecular weight excluding hydrogens is 410 g/mol. The molecule has 27 heavy (non-hydrogen) atoms. The highest BCUT2D eigenvalue weighted by molar-refractivity contribution is 9.10. The SMILES string of the molecule is C=C1N=C2c3ccccc3C(=O)C2C(c2ccc(O)c(Br)c2)C1C(=O)OC. The van der Waals surface area contributed by atoms with E-state index in [9.17, 15) is 14.7 Å². The van der Waals surface area contributed by atoms with Crippen LogP contribution < -0.4 is 0 Å². The molecule has 6 heteroatoms. The number of ketones is 1. The Bertz CT molecular complexity index is 1030. The van der Waals surface area contributed by atoms with Gasteiger partial charge in [0.05, 0.1) is 23.2 Å². The lowest BCUT2D eigenvalue weighted by Gasteiger charge is -2.34. The van der Waals surface area contributed by atoms with Gasteiger partial charge in [0.2, 0.25) is 0 Å². The minimum atomic E-state index is -0.779. The number of Topliss-reactive ketones (excluding diaryl/α,β-unsaturated/α-hetero) is 1. The molecule has 1 heterocycles. The number of phenols is 1. The smallest absolute Gasteiger partial charge is 0.315 e. The number of rotatable bonds is 2. The second-order valence-electron chi connectivity index (χ2n) is 6.61. The highest BCUT2D eigenvalue weighted by Crippen LogP contribution is 2.48. The summed E-state index contributed by atoms with van der Waals surface area (Å²) in [5, 5.41) is 9.85. The van der Waals surface area contributed by atoms with E-state index in [1.165, 1.54) is 13.2 Å². The van der Waals surface area contributed by atoms with Crippen LogP contribution in [0.25, 0.3) is 0 Å². The van der Waals surface area contributed by atoms with Gasteiger partial charge in [0, 0.05) is 22.7 Å². The fraction of sp³-hybridized carbons (Fsp3) is 0.190. The average Bonchev–Trinajstić information content (AvgIpc) is 2.95. The summed E-state index contributed by atoms with van der Waals surface area (Å²) in [6, 6.07) is 12.3. The molecular formula is C21H16BrNO4. The third-order valence-electron chi connectivity index (χ3n) is 5.20. The minimum Gasteiger partial charge on any atom is -0.507 e. The van der Waals surface area contributed by atoms with Crippen LogP contribution in [0.4, 0.5) is 0 Å². The zero-order valence-corrected chi connectivity index (χ0v) is 16.1. The summed E-state index contributed by atoms with van der Waals surface area (Å²) in [5.41, 5.74) is 3.11. The molecule has 0 spiro atoms. The third-order valence-corrected chi connectivity index (χ3v) is 5.83. The Kier molecular flexibility index (Phi) is 4.23. The van der Waals surface area contributed by atoms with Crippen LogP contribution in [0.5, 0.6) is 5.75 Å². The molecule has 0 radical (unpaired) electrons.